The van der Waals surface area contributed by atoms with Crippen LogP contribution >= 0.6 is 0 Å². The molecule has 1 aromatic carbocycles. The summed E-state index contributed by atoms with van der Waals surface area (Å²) < 4.78 is 26.5. The van der Waals surface area contributed by atoms with Gasteiger partial charge in [0.1, 0.15) is 0 Å². The zero-order valence-electron chi connectivity index (χ0n) is 17.4. The van der Waals surface area contributed by atoms with E-state index in [0.717, 1.165) is 11.7 Å². The van der Waals surface area contributed by atoms with Crippen molar-refractivity contribution in [3.8, 4) is 0 Å². The van der Waals surface area contributed by atoms with E-state index in [9.17, 15) is 0 Å². The maximum absolute atomic E-state index is 6.78. The van der Waals surface area contributed by atoms with Crippen LogP contribution in [-0.4, -0.2) is 53.2 Å². The first kappa shape index (κ1) is 21.9. The van der Waals surface area contributed by atoms with Crippen molar-refractivity contribution in [1.82, 2.24) is 4.90 Å². The van der Waals surface area contributed by atoms with Gasteiger partial charge in [0.05, 0.1) is 0 Å². The van der Waals surface area contributed by atoms with Crippen LogP contribution in [0.4, 0.5) is 0 Å². The molecule has 1 aromatic rings. The molecule has 9 heteroatoms. The molecule has 0 spiro atoms. The summed E-state index contributed by atoms with van der Waals surface area (Å²) in [7, 11) is -6.03. The maximum atomic E-state index is 6.78. The largest absolute Gasteiger partial charge is 0.416 e. The maximum Gasteiger partial charge on any atom is 0.381 e. The Bertz CT molecular complexity index is 642. The van der Waals surface area contributed by atoms with Gasteiger partial charge in [-0.1, -0.05) is 24.3 Å². The van der Waals surface area contributed by atoms with Crippen molar-refractivity contribution in [2.75, 3.05) is 14.1 Å². The predicted molar refractivity (Wildman–Crippen MR) is 116 cm³/mol. The molecule has 0 aromatic heterocycles. The second kappa shape index (κ2) is 7.57. The Balaban J connectivity index is 2.60. The summed E-state index contributed by atoms with van der Waals surface area (Å²) in [5, 5.41) is 1.11. The van der Waals surface area contributed by atoms with Crippen molar-refractivity contribution < 1.29 is 16.5 Å². The van der Waals surface area contributed by atoms with Crippen molar-refractivity contribution in [3.63, 3.8) is 0 Å². The molecule has 1 fully saturated rings. The van der Waals surface area contributed by atoms with E-state index in [4.69, 9.17) is 16.5 Å². The van der Waals surface area contributed by atoms with Gasteiger partial charge in [0, 0.05) is 11.7 Å². The van der Waals surface area contributed by atoms with Crippen LogP contribution in [-0.2, 0) is 23.0 Å². The van der Waals surface area contributed by atoms with E-state index in [1.807, 2.05) is 11.8 Å². The highest BCUT2D eigenvalue weighted by Gasteiger charge is 2.55. The topological polar surface area (TPSA) is 40.2 Å². The SMILES string of the molecule is C=C[Si]1(c2ccccc2CN(C)C)O[Si](C)(C)O[Si](C)(C)O[Si](C)(C)O1. The highest BCUT2D eigenvalue weighted by atomic mass is 28.5. The van der Waals surface area contributed by atoms with Crippen LogP contribution in [0.1, 0.15) is 5.56 Å². The lowest BCUT2D eigenvalue weighted by Crippen LogP contribution is -2.69. The van der Waals surface area contributed by atoms with Crippen LogP contribution in [0.15, 0.2) is 36.5 Å². The zero-order chi connectivity index (χ0) is 19.8. The fourth-order valence-electron chi connectivity index (χ4n) is 3.64. The lowest BCUT2D eigenvalue weighted by molar-refractivity contribution is 0.244. The molecule has 1 aliphatic heterocycles. The van der Waals surface area contributed by atoms with Crippen molar-refractivity contribution in [1.29, 1.82) is 0 Å². The van der Waals surface area contributed by atoms with Crippen LogP contribution < -0.4 is 5.19 Å². The third kappa shape index (κ3) is 5.33. The average Bonchev–Trinajstić information content (AvgIpc) is 2.42. The van der Waals surface area contributed by atoms with E-state index < -0.39 is 34.2 Å². The van der Waals surface area contributed by atoms with Gasteiger partial charge in [-0.25, -0.2) is 0 Å². The fourth-order valence-corrected chi connectivity index (χ4v) is 23.8. The molecule has 0 aliphatic carbocycles. The van der Waals surface area contributed by atoms with E-state index in [1.165, 1.54) is 5.56 Å². The summed E-state index contributed by atoms with van der Waals surface area (Å²) in [5.41, 5.74) is 3.10. The monoisotopic (exact) mass is 427 g/mol. The van der Waals surface area contributed by atoms with Gasteiger partial charge in [-0.3, -0.25) is 0 Å². The van der Waals surface area contributed by atoms with E-state index >= 15 is 0 Å². The van der Waals surface area contributed by atoms with E-state index in [0.29, 0.717) is 0 Å². The lowest BCUT2D eigenvalue weighted by Gasteiger charge is -2.48. The van der Waals surface area contributed by atoms with Crippen LogP contribution in [0.25, 0.3) is 0 Å². The summed E-state index contributed by atoms with van der Waals surface area (Å²) in [6.07, 6.45) is 0. The highest BCUT2D eigenvalue weighted by molar-refractivity contribution is 6.99. The van der Waals surface area contributed by atoms with Crippen LogP contribution in [0.2, 0.25) is 39.3 Å². The summed E-state index contributed by atoms with van der Waals surface area (Å²) in [4.78, 5) is 2.15. The Kier molecular flexibility index (Phi) is 6.38. The Hall–Kier alpha value is -0.372. The first-order valence-corrected chi connectivity index (χ1v) is 19.3. The molecule has 2 rings (SSSR count). The van der Waals surface area contributed by atoms with Crippen LogP contribution in [0, 0.1) is 0 Å². The molecule has 0 bridgehead atoms. The molecule has 0 radical (unpaired) electrons. The molecular formula is C17H33NO4Si4. The summed E-state index contributed by atoms with van der Waals surface area (Å²) in [6, 6.07) is 8.36. The van der Waals surface area contributed by atoms with Crippen LogP contribution in [0.5, 0.6) is 0 Å². The van der Waals surface area contributed by atoms with Crippen LogP contribution in [0.3, 0.4) is 0 Å². The summed E-state index contributed by atoms with van der Waals surface area (Å²) in [5.74, 6) is 0. The summed E-state index contributed by atoms with van der Waals surface area (Å²) >= 11 is 0. The van der Waals surface area contributed by atoms with Gasteiger partial charge < -0.3 is 21.4 Å². The van der Waals surface area contributed by atoms with E-state index in [1.54, 1.807) is 0 Å². The molecule has 146 valence electrons. The molecule has 1 aliphatic rings. The minimum atomic E-state index is -2.93. The second-order valence-corrected chi connectivity index (χ2v) is 22.3. The van der Waals surface area contributed by atoms with Crippen molar-refractivity contribution in [2.45, 2.75) is 45.8 Å². The predicted octanol–water partition coefficient (Wildman–Crippen LogP) is 3.31. The quantitative estimate of drug-likeness (QED) is 0.690. The Morgan fingerprint density at radius 2 is 1.31 bits per heavy atom. The van der Waals surface area contributed by atoms with Crippen molar-refractivity contribution >= 4 is 39.4 Å². The minimum Gasteiger partial charge on any atom is -0.416 e. The molecule has 0 atom stereocenters. The summed E-state index contributed by atoms with van der Waals surface area (Å²) in [6.45, 7) is 17.4. The molecule has 0 saturated carbocycles. The van der Waals surface area contributed by atoms with Gasteiger partial charge in [0.25, 0.3) is 0 Å². The smallest absolute Gasteiger partial charge is 0.381 e. The minimum absolute atomic E-state index is 0.817. The van der Waals surface area contributed by atoms with Gasteiger partial charge in [-0.15, -0.1) is 6.58 Å². The van der Waals surface area contributed by atoms with Gasteiger partial charge in [0.15, 0.2) is 0 Å². The molecule has 5 nitrogen and oxygen atoms in total. The number of rotatable bonds is 4. The second-order valence-electron chi connectivity index (χ2n) is 8.37. The normalized spacial score (nSPS) is 23.9. The standard InChI is InChI=1S/C17H33NO4Si4/c1-10-26(17-14-12-11-13-16(17)15-18(2)3)21-24(6,7)19-23(4,5)20-25(8,9)22-26/h10-14H,1,15H2,2-9H3. The van der Waals surface area contributed by atoms with Gasteiger partial charge >= 0.3 is 34.2 Å². The molecule has 0 amide bonds. The number of hydrogen-bond acceptors (Lipinski definition) is 5. The van der Waals surface area contributed by atoms with E-state index in [-0.39, 0.29) is 0 Å². The first-order chi connectivity index (χ1) is 11.8. The molecule has 0 unspecified atom stereocenters. The van der Waals surface area contributed by atoms with Gasteiger partial charge in [0.2, 0.25) is 0 Å². The third-order valence-corrected chi connectivity index (χ3v) is 19.9. The van der Waals surface area contributed by atoms with Gasteiger partial charge in [-0.2, -0.15) is 0 Å². The van der Waals surface area contributed by atoms with E-state index in [2.05, 4.69) is 83.1 Å². The Morgan fingerprint density at radius 3 is 1.77 bits per heavy atom. The highest BCUT2D eigenvalue weighted by Crippen LogP contribution is 2.31. The first-order valence-electron chi connectivity index (χ1n) is 8.97. The van der Waals surface area contributed by atoms with Crippen molar-refractivity contribution in [2.24, 2.45) is 0 Å². The average molecular weight is 428 g/mol. The zero-order valence-corrected chi connectivity index (χ0v) is 21.4. The molecule has 1 saturated heterocycles. The molecular weight excluding hydrogens is 395 g/mol. The lowest BCUT2D eigenvalue weighted by atomic mass is 10.2. The number of nitrogens with zero attached hydrogens (tertiary/aromatic N) is 1. The Morgan fingerprint density at radius 1 is 0.846 bits per heavy atom. The Labute approximate surface area is 162 Å². The molecule has 1 heterocycles. The fraction of sp³-hybridized carbons (Fsp3) is 0.529. The number of hydrogen-bond donors (Lipinski definition) is 0. The van der Waals surface area contributed by atoms with Crippen molar-refractivity contribution in [3.05, 3.63) is 42.1 Å². The number of benzene rings is 1. The molecule has 26 heavy (non-hydrogen) atoms. The van der Waals surface area contributed by atoms with Gasteiger partial charge in [-0.05, 0) is 64.6 Å². The third-order valence-electron chi connectivity index (χ3n) is 3.93. The molecule has 0 N–H and O–H groups in total.